The summed E-state index contributed by atoms with van der Waals surface area (Å²) in [5.74, 6) is 0.680. The van der Waals surface area contributed by atoms with E-state index in [1.54, 1.807) is 41.4 Å². The number of urea groups is 1. The van der Waals surface area contributed by atoms with E-state index in [1.807, 2.05) is 14.1 Å². The van der Waals surface area contributed by atoms with Gasteiger partial charge in [-0.2, -0.15) is 0 Å². The molecule has 0 saturated heterocycles. The monoisotopic (exact) mass is 399 g/mol. The van der Waals surface area contributed by atoms with Crippen LogP contribution >= 0.6 is 0 Å². The third-order valence-electron chi connectivity index (χ3n) is 4.40. The van der Waals surface area contributed by atoms with E-state index < -0.39 is 5.91 Å². The SMILES string of the molecule is CN(C)CCCN(Cc1ccc(C(N)=O)nc1)C(=O)Nc1ccc2c(c1)OCO2. The fourth-order valence-electron chi connectivity index (χ4n) is 2.89. The summed E-state index contributed by atoms with van der Waals surface area (Å²) in [6.45, 7) is 1.95. The normalized spacial score (nSPS) is 12.1. The molecule has 3 N–H and O–H groups in total. The van der Waals surface area contributed by atoms with E-state index in [0.29, 0.717) is 30.3 Å². The van der Waals surface area contributed by atoms with Crippen LogP contribution in [0.2, 0.25) is 0 Å². The van der Waals surface area contributed by atoms with Crippen LogP contribution in [0.1, 0.15) is 22.5 Å². The Hall–Kier alpha value is -3.33. The molecule has 154 valence electrons. The van der Waals surface area contributed by atoms with Crippen LogP contribution in [-0.2, 0) is 6.54 Å². The highest BCUT2D eigenvalue weighted by molar-refractivity contribution is 5.91. The Labute approximate surface area is 169 Å². The molecule has 9 nitrogen and oxygen atoms in total. The van der Waals surface area contributed by atoms with Crippen LogP contribution in [0.5, 0.6) is 11.5 Å². The summed E-state index contributed by atoms with van der Waals surface area (Å²) in [6.07, 6.45) is 2.38. The second kappa shape index (κ2) is 9.24. The first-order valence-electron chi connectivity index (χ1n) is 9.27. The molecule has 0 bridgehead atoms. The molecular weight excluding hydrogens is 374 g/mol. The molecule has 0 spiro atoms. The van der Waals surface area contributed by atoms with Crippen molar-refractivity contribution in [1.82, 2.24) is 14.8 Å². The largest absolute Gasteiger partial charge is 0.454 e. The number of nitrogens with one attached hydrogen (secondary N) is 1. The maximum atomic E-state index is 12.9. The molecule has 3 amide bonds. The molecule has 1 aromatic heterocycles. The number of carbonyl (C=O) groups is 2. The number of nitrogens with zero attached hydrogens (tertiary/aromatic N) is 3. The number of anilines is 1. The van der Waals surface area contributed by atoms with Gasteiger partial charge in [0.2, 0.25) is 6.79 Å². The molecule has 0 fully saturated rings. The number of ether oxygens (including phenoxy) is 2. The first-order chi connectivity index (χ1) is 13.9. The van der Waals surface area contributed by atoms with Gasteiger partial charge in [0.25, 0.3) is 5.91 Å². The average Bonchev–Trinajstić information content (AvgIpc) is 3.15. The molecule has 1 aliphatic heterocycles. The van der Waals surface area contributed by atoms with Gasteiger partial charge < -0.3 is 30.3 Å². The number of hydrogen-bond donors (Lipinski definition) is 2. The number of fused-ring (bicyclic) bond motifs is 1. The van der Waals surface area contributed by atoms with E-state index in [4.69, 9.17) is 15.2 Å². The third-order valence-corrected chi connectivity index (χ3v) is 4.40. The van der Waals surface area contributed by atoms with Crippen LogP contribution in [0.4, 0.5) is 10.5 Å². The van der Waals surface area contributed by atoms with Crippen LogP contribution in [-0.4, -0.2) is 60.7 Å². The molecule has 1 aromatic carbocycles. The van der Waals surface area contributed by atoms with E-state index in [-0.39, 0.29) is 18.5 Å². The smallest absolute Gasteiger partial charge is 0.322 e. The standard InChI is InChI=1S/C20H25N5O4/c1-24(2)8-3-9-25(12-14-4-6-16(19(21)26)22-11-14)20(27)23-15-5-7-17-18(10-15)29-13-28-17/h4-7,10-11H,3,8-9,12-13H2,1-2H3,(H2,21,26)(H,23,27). The Bertz CT molecular complexity index is 870. The van der Waals surface area contributed by atoms with E-state index in [2.05, 4.69) is 15.2 Å². The Morgan fingerprint density at radius 1 is 1.14 bits per heavy atom. The molecule has 0 radical (unpaired) electrons. The van der Waals surface area contributed by atoms with Gasteiger partial charge in [-0.3, -0.25) is 9.78 Å². The number of pyridine rings is 1. The third kappa shape index (κ3) is 5.58. The lowest BCUT2D eigenvalue weighted by Gasteiger charge is -2.24. The first-order valence-corrected chi connectivity index (χ1v) is 9.27. The van der Waals surface area contributed by atoms with Crippen LogP contribution in [0, 0.1) is 0 Å². The quantitative estimate of drug-likeness (QED) is 0.702. The molecule has 0 atom stereocenters. The number of primary amides is 1. The molecule has 2 aromatic rings. The Balaban J connectivity index is 1.69. The molecule has 2 heterocycles. The summed E-state index contributed by atoms with van der Waals surface area (Å²) in [6, 6.07) is 8.35. The highest BCUT2D eigenvalue weighted by Gasteiger charge is 2.18. The van der Waals surface area contributed by atoms with Crippen molar-refractivity contribution in [2.45, 2.75) is 13.0 Å². The molecular formula is C20H25N5O4. The number of benzene rings is 1. The fraction of sp³-hybridized carbons (Fsp3) is 0.350. The van der Waals surface area contributed by atoms with Gasteiger partial charge in [-0.05, 0) is 50.8 Å². The highest BCUT2D eigenvalue weighted by Crippen LogP contribution is 2.34. The van der Waals surface area contributed by atoms with Crippen molar-refractivity contribution in [1.29, 1.82) is 0 Å². The minimum atomic E-state index is -0.583. The topological polar surface area (TPSA) is 110 Å². The number of nitrogens with two attached hydrogens (primary N) is 1. The number of carbonyl (C=O) groups excluding carboxylic acids is 2. The van der Waals surface area contributed by atoms with Gasteiger partial charge in [0.1, 0.15) is 5.69 Å². The van der Waals surface area contributed by atoms with Crippen LogP contribution in [0.15, 0.2) is 36.5 Å². The van der Waals surface area contributed by atoms with Gasteiger partial charge in [-0.25, -0.2) is 4.79 Å². The van der Waals surface area contributed by atoms with E-state index in [0.717, 1.165) is 18.5 Å². The van der Waals surface area contributed by atoms with Gasteiger partial charge in [-0.1, -0.05) is 6.07 Å². The molecule has 0 saturated carbocycles. The minimum absolute atomic E-state index is 0.178. The van der Waals surface area contributed by atoms with Crippen molar-refractivity contribution in [3.8, 4) is 11.5 Å². The van der Waals surface area contributed by atoms with Gasteiger partial charge in [0.15, 0.2) is 11.5 Å². The summed E-state index contributed by atoms with van der Waals surface area (Å²) in [4.78, 5) is 31.9. The number of aromatic nitrogens is 1. The zero-order chi connectivity index (χ0) is 20.8. The second-order valence-electron chi connectivity index (χ2n) is 6.99. The van der Waals surface area contributed by atoms with E-state index >= 15 is 0 Å². The molecule has 3 rings (SSSR count). The zero-order valence-corrected chi connectivity index (χ0v) is 16.6. The lowest BCUT2D eigenvalue weighted by atomic mass is 10.2. The Kier molecular flexibility index (Phi) is 6.50. The van der Waals surface area contributed by atoms with Crippen molar-refractivity contribution in [3.05, 3.63) is 47.8 Å². The van der Waals surface area contributed by atoms with Crippen LogP contribution < -0.4 is 20.5 Å². The second-order valence-corrected chi connectivity index (χ2v) is 6.99. The minimum Gasteiger partial charge on any atom is -0.454 e. The lowest BCUT2D eigenvalue weighted by Crippen LogP contribution is -2.36. The number of amides is 3. The zero-order valence-electron chi connectivity index (χ0n) is 16.6. The first kappa shape index (κ1) is 20.4. The summed E-state index contributed by atoms with van der Waals surface area (Å²) in [7, 11) is 3.98. The van der Waals surface area contributed by atoms with Crippen LogP contribution in [0.25, 0.3) is 0 Å². The van der Waals surface area contributed by atoms with Gasteiger partial charge in [0, 0.05) is 31.0 Å². The van der Waals surface area contributed by atoms with E-state index in [1.165, 1.54) is 0 Å². The average molecular weight is 399 g/mol. The molecule has 0 aliphatic carbocycles. The van der Waals surface area contributed by atoms with Gasteiger partial charge in [-0.15, -0.1) is 0 Å². The Morgan fingerprint density at radius 2 is 1.93 bits per heavy atom. The maximum Gasteiger partial charge on any atom is 0.322 e. The lowest BCUT2D eigenvalue weighted by molar-refractivity contribution is 0.0995. The number of rotatable bonds is 8. The van der Waals surface area contributed by atoms with Crippen LogP contribution in [0.3, 0.4) is 0 Å². The molecule has 29 heavy (non-hydrogen) atoms. The van der Waals surface area contributed by atoms with Crippen molar-refractivity contribution >= 4 is 17.6 Å². The molecule has 9 heteroatoms. The van der Waals surface area contributed by atoms with Crippen molar-refractivity contribution < 1.29 is 19.1 Å². The summed E-state index contributed by atoms with van der Waals surface area (Å²) >= 11 is 0. The summed E-state index contributed by atoms with van der Waals surface area (Å²) in [5.41, 5.74) is 6.85. The number of hydrogen-bond acceptors (Lipinski definition) is 6. The van der Waals surface area contributed by atoms with Crippen molar-refractivity contribution in [2.75, 3.05) is 39.3 Å². The fourth-order valence-corrected chi connectivity index (χ4v) is 2.89. The predicted molar refractivity (Wildman–Crippen MR) is 108 cm³/mol. The van der Waals surface area contributed by atoms with E-state index in [9.17, 15) is 9.59 Å². The maximum absolute atomic E-state index is 12.9. The van der Waals surface area contributed by atoms with Crippen molar-refractivity contribution in [2.24, 2.45) is 5.73 Å². The van der Waals surface area contributed by atoms with Gasteiger partial charge in [0.05, 0.1) is 0 Å². The Morgan fingerprint density at radius 3 is 2.62 bits per heavy atom. The van der Waals surface area contributed by atoms with Gasteiger partial charge >= 0.3 is 6.03 Å². The molecule has 0 unspecified atom stereocenters. The predicted octanol–water partition coefficient (Wildman–Crippen LogP) is 1.90. The molecule has 1 aliphatic rings. The summed E-state index contributed by atoms with van der Waals surface area (Å²) < 4.78 is 10.7. The van der Waals surface area contributed by atoms with Crippen molar-refractivity contribution in [3.63, 3.8) is 0 Å². The highest BCUT2D eigenvalue weighted by atomic mass is 16.7. The summed E-state index contributed by atoms with van der Waals surface area (Å²) in [5, 5.41) is 2.90.